The molecule has 1 aliphatic heterocycles. The van der Waals surface area contributed by atoms with E-state index in [1.54, 1.807) is 0 Å². The van der Waals surface area contributed by atoms with Gasteiger partial charge in [-0.25, -0.2) is 0 Å². The summed E-state index contributed by atoms with van der Waals surface area (Å²) in [5, 5.41) is 5.16. The minimum Gasteiger partial charge on any atom is -0.354 e. The second-order valence-corrected chi connectivity index (χ2v) is 2.33. The van der Waals surface area contributed by atoms with E-state index in [0.717, 1.165) is 0 Å². The number of hydrogen-bond acceptors (Lipinski definition) is 2. The predicted octanol–water partition coefficient (Wildman–Crippen LogP) is -0.989. The van der Waals surface area contributed by atoms with Gasteiger partial charge in [0.15, 0.2) is 0 Å². The van der Waals surface area contributed by atoms with E-state index in [-0.39, 0.29) is 17.9 Å². The Kier molecular flexibility index (Phi) is 1.89. The normalized spacial score (nSPS) is 24.1. The molecule has 0 aliphatic carbocycles. The van der Waals surface area contributed by atoms with Crippen LogP contribution in [-0.4, -0.2) is 24.4 Å². The summed E-state index contributed by atoms with van der Waals surface area (Å²) >= 11 is 0. The van der Waals surface area contributed by atoms with Crippen molar-refractivity contribution in [1.82, 2.24) is 10.6 Å². The molecule has 4 heteroatoms. The van der Waals surface area contributed by atoms with Crippen molar-refractivity contribution >= 4 is 11.8 Å². The lowest BCUT2D eigenvalue weighted by molar-refractivity contribution is -0.126. The van der Waals surface area contributed by atoms with Crippen molar-refractivity contribution in [2.75, 3.05) is 6.54 Å². The Morgan fingerprint density at radius 3 is 2.90 bits per heavy atom. The molecule has 0 aromatic carbocycles. The van der Waals surface area contributed by atoms with Gasteiger partial charge in [-0.15, -0.1) is 0 Å². The van der Waals surface area contributed by atoms with E-state index in [2.05, 4.69) is 10.6 Å². The van der Waals surface area contributed by atoms with Crippen LogP contribution in [0.1, 0.15) is 13.3 Å². The van der Waals surface area contributed by atoms with Crippen molar-refractivity contribution in [3.05, 3.63) is 0 Å². The van der Waals surface area contributed by atoms with Gasteiger partial charge in [-0.1, -0.05) is 0 Å². The maximum atomic E-state index is 10.8. The Hall–Kier alpha value is -1.06. The molecule has 0 saturated carbocycles. The van der Waals surface area contributed by atoms with Crippen molar-refractivity contribution in [3.8, 4) is 0 Å². The highest BCUT2D eigenvalue weighted by atomic mass is 16.2. The van der Waals surface area contributed by atoms with Gasteiger partial charge < -0.3 is 10.6 Å². The van der Waals surface area contributed by atoms with Gasteiger partial charge in [-0.05, 0) is 6.42 Å². The monoisotopic (exact) mass is 142 g/mol. The van der Waals surface area contributed by atoms with Crippen LogP contribution in [0.2, 0.25) is 0 Å². The van der Waals surface area contributed by atoms with Crippen molar-refractivity contribution < 1.29 is 9.59 Å². The van der Waals surface area contributed by atoms with Crippen LogP contribution in [0.4, 0.5) is 0 Å². The molecule has 2 amide bonds. The Bertz CT molecular complexity index is 167. The first kappa shape index (κ1) is 7.05. The van der Waals surface area contributed by atoms with Gasteiger partial charge in [-0.2, -0.15) is 0 Å². The molecule has 0 aromatic heterocycles. The van der Waals surface area contributed by atoms with Crippen LogP contribution < -0.4 is 10.6 Å². The van der Waals surface area contributed by atoms with Gasteiger partial charge in [0.25, 0.3) is 0 Å². The molecule has 0 aromatic rings. The fraction of sp³-hybridized carbons (Fsp3) is 0.667. The second-order valence-electron chi connectivity index (χ2n) is 2.33. The minimum atomic E-state index is -0.294. The first-order valence-corrected chi connectivity index (χ1v) is 3.25. The smallest absolute Gasteiger partial charge is 0.242 e. The number of carbonyl (C=O) groups is 2. The highest BCUT2D eigenvalue weighted by Gasteiger charge is 2.23. The lowest BCUT2D eigenvalue weighted by Crippen LogP contribution is -2.38. The van der Waals surface area contributed by atoms with E-state index in [1.807, 2.05) is 0 Å². The van der Waals surface area contributed by atoms with Crippen LogP contribution in [0, 0.1) is 0 Å². The topological polar surface area (TPSA) is 58.2 Å². The fourth-order valence-corrected chi connectivity index (χ4v) is 0.977. The summed E-state index contributed by atoms with van der Waals surface area (Å²) in [6.45, 7) is 2.08. The largest absolute Gasteiger partial charge is 0.354 e. The lowest BCUT2D eigenvalue weighted by Gasteiger charge is -2.05. The molecule has 1 unspecified atom stereocenters. The first-order valence-electron chi connectivity index (χ1n) is 3.25. The fourth-order valence-electron chi connectivity index (χ4n) is 0.977. The third-order valence-corrected chi connectivity index (χ3v) is 1.43. The van der Waals surface area contributed by atoms with Crippen LogP contribution in [0.25, 0.3) is 0 Å². The summed E-state index contributed by atoms with van der Waals surface area (Å²) in [6.07, 6.45) is 0.707. The molecule has 1 atom stereocenters. The van der Waals surface area contributed by atoms with Crippen molar-refractivity contribution in [1.29, 1.82) is 0 Å². The summed E-state index contributed by atoms with van der Waals surface area (Å²) in [5.41, 5.74) is 0. The molecule has 0 bridgehead atoms. The number of rotatable bonds is 1. The molecule has 1 heterocycles. The molecule has 10 heavy (non-hydrogen) atoms. The van der Waals surface area contributed by atoms with Crippen LogP contribution in [-0.2, 0) is 9.59 Å². The van der Waals surface area contributed by atoms with Crippen LogP contribution in [0.3, 0.4) is 0 Å². The molecule has 4 nitrogen and oxygen atoms in total. The van der Waals surface area contributed by atoms with Gasteiger partial charge in [-0.3, -0.25) is 9.59 Å². The van der Waals surface area contributed by atoms with Crippen molar-refractivity contribution in [3.63, 3.8) is 0 Å². The zero-order valence-electron chi connectivity index (χ0n) is 5.81. The average Bonchev–Trinajstić information content (AvgIpc) is 2.15. The minimum absolute atomic E-state index is 0.0739. The zero-order valence-corrected chi connectivity index (χ0v) is 5.81. The third kappa shape index (κ3) is 1.46. The molecule has 1 rings (SSSR count). The Balaban J connectivity index is 2.40. The maximum Gasteiger partial charge on any atom is 0.242 e. The summed E-state index contributed by atoms with van der Waals surface area (Å²) in [7, 11) is 0. The van der Waals surface area contributed by atoms with E-state index in [1.165, 1.54) is 6.92 Å². The zero-order chi connectivity index (χ0) is 7.56. The molecule has 1 aliphatic rings. The highest BCUT2D eigenvalue weighted by Crippen LogP contribution is 1.97. The van der Waals surface area contributed by atoms with Gasteiger partial charge in [0.05, 0.1) is 0 Å². The van der Waals surface area contributed by atoms with Crippen LogP contribution in [0.5, 0.6) is 0 Å². The lowest BCUT2D eigenvalue weighted by atomic mass is 10.2. The van der Waals surface area contributed by atoms with Crippen molar-refractivity contribution in [2.24, 2.45) is 0 Å². The average molecular weight is 142 g/mol. The van der Waals surface area contributed by atoms with E-state index >= 15 is 0 Å². The van der Waals surface area contributed by atoms with Crippen molar-refractivity contribution in [2.45, 2.75) is 19.4 Å². The quantitative estimate of drug-likeness (QED) is 0.494. The van der Waals surface area contributed by atoms with E-state index in [9.17, 15) is 9.59 Å². The molecule has 1 fully saturated rings. The Morgan fingerprint density at radius 1 is 1.80 bits per heavy atom. The standard InChI is InChI=1S/C6H10N2O2/c1-4(9)8-5-2-3-7-6(5)10/h5H,2-3H2,1H3,(H,7,10)(H,8,9). The second kappa shape index (κ2) is 2.68. The molecule has 2 N–H and O–H groups in total. The van der Waals surface area contributed by atoms with Gasteiger partial charge in [0.2, 0.25) is 11.8 Å². The Morgan fingerprint density at radius 2 is 2.50 bits per heavy atom. The van der Waals surface area contributed by atoms with Gasteiger partial charge >= 0.3 is 0 Å². The molecule has 1 saturated heterocycles. The summed E-state index contributed by atoms with van der Waals surface area (Å²) in [6, 6.07) is -0.294. The molecule has 0 radical (unpaired) electrons. The molecular formula is C6H10N2O2. The predicted molar refractivity (Wildman–Crippen MR) is 35.2 cm³/mol. The van der Waals surface area contributed by atoms with E-state index < -0.39 is 0 Å². The molecular weight excluding hydrogens is 132 g/mol. The number of carbonyl (C=O) groups excluding carboxylic acids is 2. The SMILES string of the molecule is CC(=O)NC1CCNC1=O. The van der Waals surface area contributed by atoms with Gasteiger partial charge in [0, 0.05) is 13.5 Å². The summed E-state index contributed by atoms with van der Waals surface area (Å²) in [5.74, 6) is -0.225. The summed E-state index contributed by atoms with van der Waals surface area (Å²) in [4.78, 5) is 21.2. The molecule has 56 valence electrons. The van der Waals surface area contributed by atoms with E-state index in [0.29, 0.717) is 13.0 Å². The number of hydrogen-bond donors (Lipinski definition) is 2. The van der Waals surface area contributed by atoms with Gasteiger partial charge in [0.1, 0.15) is 6.04 Å². The maximum absolute atomic E-state index is 10.8. The molecule has 0 spiro atoms. The number of amides is 2. The third-order valence-electron chi connectivity index (χ3n) is 1.43. The summed E-state index contributed by atoms with van der Waals surface area (Å²) < 4.78 is 0. The van der Waals surface area contributed by atoms with E-state index in [4.69, 9.17) is 0 Å². The number of nitrogens with one attached hydrogen (secondary N) is 2. The highest BCUT2D eigenvalue weighted by molar-refractivity contribution is 5.88. The Labute approximate surface area is 59.0 Å². The van der Waals surface area contributed by atoms with Crippen LogP contribution in [0.15, 0.2) is 0 Å². The first-order chi connectivity index (χ1) is 4.70. The van der Waals surface area contributed by atoms with Crippen LogP contribution >= 0.6 is 0 Å².